The predicted molar refractivity (Wildman–Crippen MR) is 120 cm³/mol. The summed E-state index contributed by atoms with van der Waals surface area (Å²) in [4.78, 5) is 16.5. The number of carbonyl (C=O) groups excluding carboxylic acids is 1. The quantitative estimate of drug-likeness (QED) is 0.442. The van der Waals surface area contributed by atoms with Crippen LogP contribution in [0, 0.1) is 19.7 Å². The molecule has 4 rings (SSSR count). The number of pyridine rings is 1. The Balaban J connectivity index is 1.65. The Hall–Kier alpha value is -3.52. The van der Waals surface area contributed by atoms with Gasteiger partial charge in [0.15, 0.2) is 11.0 Å². The largest absolute Gasteiger partial charge is 0.323 e. The van der Waals surface area contributed by atoms with E-state index < -0.39 is 5.82 Å². The fourth-order valence-electron chi connectivity index (χ4n) is 3.13. The molecule has 1 N–H and O–H groups in total. The molecule has 0 atom stereocenters. The van der Waals surface area contributed by atoms with Crippen LogP contribution in [0.2, 0.25) is 0 Å². The maximum Gasteiger partial charge on any atom is 0.234 e. The zero-order valence-electron chi connectivity index (χ0n) is 17.0. The molecule has 2 aromatic heterocycles. The van der Waals surface area contributed by atoms with Gasteiger partial charge in [-0.2, -0.15) is 0 Å². The van der Waals surface area contributed by atoms with Crippen molar-refractivity contribution in [3.05, 3.63) is 83.9 Å². The van der Waals surface area contributed by atoms with Crippen molar-refractivity contribution in [3.63, 3.8) is 0 Å². The van der Waals surface area contributed by atoms with Gasteiger partial charge in [0.25, 0.3) is 0 Å². The zero-order valence-corrected chi connectivity index (χ0v) is 17.9. The van der Waals surface area contributed by atoms with E-state index in [-0.39, 0.29) is 17.3 Å². The summed E-state index contributed by atoms with van der Waals surface area (Å²) >= 11 is 1.24. The Morgan fingerprint density at radius 2 is 1.81 bits per heavy atom. The first-order valence-electron chi connectivity index (χ1n) is 9.64. The number of carbonyl (C=O) groups is 1. The van der Waals surface area contributed by atoms with Gasteiger partial charge in [-0.3, -0.25) is 14.3 Å². The molecule has 0 aliphatic carbocycles. The van der Waals surface area contributed by atoms with Crippen LogP contribution < -0.4 is 5.32 Å². The zero-order chi connectivity index (χ0) is 21.8. The minimum Gasteiger partial charge on any atom is -0.323 e. The molecule has 8 heteroatoms. The molecule has 2 aromatic carbocycles. The summed E-state index contributed by atoms with van der Waals surface area (Å²) in [5.74, 6) is -0.0724. The molecular formula is C23H20FN5OS. The Labute approximate surface area is 183 Å². The van der Waals surface area contributed by atoms with Gasteiger partial charge in [-0.15, -0.1) is 10.2 Å². The van der Waals surface area contributed by atoms with Crippen molar-refractivity contribution in [2.75, 3.05) is 11.1 Å². The van der Waals surface area contributed by atoms with Crippen molar-refractivity contribution < 1.29 is 9.18 Å². The number of hydrogen-bond acceptors (Lipinski definition) is 5. The monoisotopic (exact) mass is 433 g/mol. The van der Waals surface area contributed by atoms with Gasteiger partial charge in [-0.1, -0.05) is 36.0 Å². The maximum atomic E-state index is 13.8. The number of aromatic nitrogens is 4. The highest BCUT2D eigenvalue weighted by atomic mass is 32.2. The number of hydrogen-bond donors (Lipinski definition) is 1. The highest BCUT2D eigenvalue weighted by Crippen LogP contribution is 2.30. The third kappa shape index (κ3) is 4.49. The molecular weight excluding hydrogens is 413 g/mol. The molecule has 156 valence electrons. The first-order valence-corrected chi connectivity index (χ1v) is 10.6. The third-order valence-electron chi connectivity index (χ3n) is 4.87. The molecule has 0 bridgehead atoms. The van der Waals surface area contributed by atoms with E-state index in [4.69, 9.17) is 0 Å². The summed E-state index contributed by atoms with van der Waals surface area (Å²) in [6.07, 6.45) is 3.40. The Bertz CT molecular complexity index is 1230. The van der Waals surface area contributed by atoms with E-state index in [1.165, 1.54) is 23.9 Å². The Kier molecular flexibility index (Phi) is 6.08. The van der Waals surface area contributed by atoms with E-state index in [2.05, 4.69) is 20.5 Å². The molecule has 0 aliphatic rings. The standard InChI is InChI=1S/C23H20FN5OS/c1-15-6-5-9-20(16(15)2)29-22(17-10-12-25-13-11-17)27-28-23(29)31-14-21(30)26-19-8-4-3-7-18(19)24/h3-13H,14H2,1-2H3,(H,26,30). The maximum absolute atomic E-state index is 13.8. The van der Waals surface area contributed by atoms with Crippen LogP contribution in [0.15, 0.2) is 72.1 Å². The average molecular weight is 434 g/mol. The number of thioether (sulfide) groups is 1. The van der Waals surface area contributed by atoms with E-state index in [9.17, 15) is 9.18 Å². The number of rotatable bonds is 6. The van der Waals surface area contributed by atoms with E-state index in [0.29, 0.717) is 11.0 Å². The lowest BCUT2D eigenvalue weighted by atomic mass is 10.1. The van der Waals surface area contributed by atoms with Gasteiger partial charge in [0.05, 0.1) is 17.1 Å². The van der Waals surface area contributed by atoms with Crippen LogP contribution in [0.25, 0.3) is 17.1 Å². The van der Waals surface area contributed by atoms with Crippen molar-refractivity contribution >= 4 is 23.4 Å². The number of nitrogens with one attached hydrogen (secondary N) is 1. The molecule has 4 aromatic rings. The molecule has 2 heterocycles. The van der Waals surface area contributed by atoms with Crippen LogP contribution in [0.1, 0.15) is 11.1 Å². The minimum atomic E-state index is -0.473. The number of aryl methyl sites for hydroxylation is 1. The Morgan fingerprint density at radius 1 is 1.03 bits per heavy atom. The summed E-state index contributed by atoms with van der Waals surface area (Å²) in [6, 6.07) is 15.8. The summed E-state index contributed by atoms with van der Waals surface area (Å²) in [7, 11) is 0. The molecule has 0 aliphatic heterocycles. The van der Waals surface area contributed by atoms with Gasteiger partial charge in [-0.05, 0) is 55.3 Å². The van der Waals surface area contributed by atoms with Crippen molar-refractivity contribution in [2.24, 2.45) is 0 Å². The van der Waals surface area contributed by atoms with Crippen LogP contribution in [-0.2, 0) is 4.79 Å². The van der Waals surface area contributed by atoms with Crippen molar-refractivity contribution in [3.8, 4) is 17.1 Å². The van der Waals surface area contributed by atoms with E-state index in [1.54, 1.807) is 24.5 Å². The van der Waals surface area contributed by atoms with Gasteiger partial charge in [-0.25, -0.2) is 4.39 Å². The van der Waals surface area contributed by atoms with Gasteiger partial charge in [0.2, 0.25) is 5.91 Å². The molecule has 0 radical (unpaired) electrons. The smallest absolute Gasteiger partial charge is 0.234 e. The summed E-state index contributed by atoms with van der Waals surface area (Å²) in [6.45, 7) is 4.09. The van der Waals surface area contributed by atoms with Crippen LogP contribution in [0.5, 0.6) is 0 Å². The molecule has 0 saturated heterocycles. The minimum absolute atomic E-state index is 0.0632. The third-order valence-corrected chi connectivity index (χ3v) is 5.80. The highest BCUT2D eigenvalue weighted by Gasteiger charge is 2.19. The van der Waals surface area contributed by atoms with Gasteiger partial charge >= 0.3 is 0 Å². The normalized spacial score (nSPS) is 10.8. The molecule has 0 saturated carbocycles. The number of anilines is 1. The van der Waals surface area contributed by atoms with Gasteiger partial charge in [0, 0.05) is 18.0 Å². The fraction of sp³-hybridized carbons (Fsp3) is 0.130. The van der Waals surface area contributed by atoms with Crippen LogP contribution >= 0.6 is 11.8 Å². The first-order chi connectivity index (χ1) is 15.0. The van der Waals surface area contributed by atoms with Gasteiger partial charge in [0.1, 0.15) is 5.82 Å². The van der Waals surface area contributed by atoms with Gasteiger partial charge < -0.3 is 5.32 Å². The van der Waals surface area contributed by atoms with Crippen LogP contribution in [-0.4, -0.2) is 31.4 Å². The molecule has 0 spiro atoms. The fourth-order valence-corrected chi connectivity index (χ4v) is 3.87. The molecule has 1 amide bonds. The summed E-state index contributed by atoms with van der Waals surface area (Å²) < 4.78 is 15.8. The van der Waals surface area contributed by atoms with Crippen LogP contribution in [0.4, 0.5) is 10.1 Å². The Morgan fingerprint density at radius 3 is 2.58 bits per heavy atom. The lowest BCUT2D eigenvalue weighted by molar-refractivity contribution is -0.113. The van der Waals surface area contributed by atoms with E-state index in [1.807, 2.05) is 48.7 Å². The van der Waals surface area contributed by atoms with Crippen molar-refractivity contribution in [1.29, 1.82) is 0 Å². The average Bonchev–Trinajstić information content (AvgIpc) is 3.20. The second-order valence-corrected chi connectivity index (χ2v) is 7.86. The van der Waals surface area contributed by atoms with Crippen molar-refractivity contribution in [2.45, 2.75) is 19.0 Å². The predicted octanol–water partition coefficient (Wildman–Crippen LogP) is 4.82. The number of halogens is 1. The van der Waals surface area contributed by atoms with E-state index >= 15 is 0 Å². The second-order valence-electron chi connectivity index (χ2n) is 6.91. The molecule has 0 fully saturated rings. The second kappa shape index (κ2) is 9.09. The number of nitrogens with zero attached hydrogens (tertiary/aromatic N) is 4. The molecule has 0 unspecified atom stereocenters. The number of para-hydroxylation sites is 1. The lowest BCUT2D eigenvalue weighted by Gasteiger charge is -2.14. The SMILES string of the molecule is Cc1cccc(-n2c(SCC(=O)Nc3ccccc3F)nnc2-c2ccncc2)c1C. The first kappa shape index (κ1) is 20.7. The number of benzene rings is 2. The van der Waals surface area contributed by atoms with Crippen LogP contribution in [0.3, 0.4) is 0 Å². The van der Waals surface area contributed by atoms with Crippen molar-refractivity contribution in [1.82, 2.24) is 19.7 Å². The van der Waals surface area contributed by atoms with E-state index in [0.717, 1.165) is 22.4 Å². The lowest BCUT2D eigenvalue weighted by Crippen LogP contribution is -2.15. The summed E-state index contributed by atoms with van der Waals surface area (Å²) in [5, 5.41) is 11.9. The molecule has 31 heavy (non-hydrogen) atoms. The number of amides is 1. The summed E-state index contributed by atoms with van der Waals surface area (Å²) in [5.41, 5.74) is 4.19. The molecule has 6 nitrogen and oxygen atoms in total. The highest BCUT2D eigenvalue weighted by molar-refractivity contribution is 7.99. The topological polar surface area (TPSA) is 72.7 Å².